The van der Waals surface area contributed by atoms with E-state index in [4.69, 9.17) is 11.0 Å². The van der Waals surface area contributed by atoms with E-state index in [-0.39, 0.29) is 0 Å². The maximum absolute atomic E-state index is 10.7. The van der Waals surface area contributed by atoms with Crippen LogP contribution in [0.15, 0.2) is 24.3 Å². The van der Waals surface area contributed by atoms with Crippen LogP contribution in [0, 0.1) is 20.8 Å². The summed E-state index contributed by atoms with van der Waals surface area (Å²) in [4.78, 5) is 8.68. The Hall–Kier alpha value is -1.32. The van der Waals surface area contributed by atoms with Gasteiger partial charge in [-0.15, -0.1) is 0 Å². The summed E-state index contributed by atoms with van der Waals surface area (Å²) >= 11 is 0.559. The van der Waals surface area contributed by atoms with Gasteiger partial charge in [-0.25, -0.2) is 0 Å². The quantitative estimate of drug-likeness (QED) is 0.303. The molecule has 2 unspecified atom stereocenters. The summed E-state index contributed by atoms with van der Waals surface area (Å²) in [5.41, 5.74) is 5.55. The third-order valence-corrected chi connectivity index (χ3v) is 2.71. The minimum Gasteiger partial charge on any atom is -0.317 e. The highest BCUT2D eigenvalue weighted by Gasteiger charge is 2.47. The Bertz CT molecular complexity index is 320. The third-order valence-electron chi connectivity index (χ3n) is 1.74. The van der Waals surface area contributed by atoms with Crippen molar-refractivity contribution < 1.29 is 4.92 Å². The number of thioether (sulfide) groups is 1. The fraction of sp³-hybridized carbons (Fsp3) is 0.286. The molecule has 1 rings (SSSR count). The number of nitriles is 1. The van der Waals surface area contributed by atoms with Crippen LogP contribution in [0.5, 0.6) is 0 Å². The summed E-state index contributed by atoms with van der Waals surface area (Å²) in [5.74, 6) is 0. The predicted molar refractivity (Wildman–Crippen MR) is 49.2 cm³/mol. The van der Waals surface area contributed by atoms with E-state index in [0.29, 0.717) is 11.8 Å². The zero-order valence-electron chi connectivity index (χ0n) is 6.58. The van der Waals surface area contributed by atoms with Crippen molar-refractivity contribution in [3.05, 3.63) is 34.4 Å². The SMILES string of the molecule is N#CSC1([N+](=O)[O-])C=CC=CC1N. The molecule has 13 heavy (non-hydrogen) atoms. The number of nitro groups is 1. The topological polar surface area (TPSA) is 92.9 Å². The molecule has 5 nitrogen and oxygen atoms in total. The Kier molecular flexibility index (Phi) is 2.70. The van der Waals surface area contributed by atoms with Crippen LogP contribution in [-0.2, 0) is 0 Å². The van der Waals surface area contributed by atoms with Crippen molar-refractivity contribution in [3.63, 3.8) is 0 Å². The van der Waals surface area contributed by atoms with Crippen molar-refractivity contribution in [1.82, 2.24) is 0 Å². The first-order valence-corrected chi connectivity index (χ1v) is 4.28. The Morgan fingerprint density at radius 3 is 2.85 bits per heavy atom. The standard InChI is InChI=1S/C7H7N3O2S/c8-5-13-7(10(11)12)4-2-1-3-6(7)9/h1-4,6H,9H2. The van der Waals surface area contributed by atoms with E-state index in [1.165, 1.54) is 18.2 Å². The van der Waals surface area contributed by atoms with Crippen LogP contribution >= 0.6 is 11.8 Å². The smallest absolute Gasteiger partial charge is 0.317 e. The highest BCUT2D eigenvalue weighted by atomic mass is 32.2. The first-order valence-electron chi connectivity index (χ1n) is 3.46. The van der Waals surface area contributed by atoms with Gasteiger partial charge in [0.15, 0.2) is 0 Å². The molecule has 0 aliphatic heterocycles. The summed E-state index contributed by atoms with van der Waals surface area (Å²) in [7, 11) is 0. The fourth-order valence-corrected chi connectivity index (χ4v) is 1.60. The summed E-state index contributed by atoms with van der Waals surface area (Å²) < 4.78 is 0. The highest BCUT2D eigenvalue weighted by Crippen LogP contribution is 2.32. The van der Waals surface area contributed by atoms with Gasteiger partial charge >= 0.3 is 4.87 Å². The van der Waals surface area contributed by atoms with Gasteiger partial charge in [0.05, 0.1) is 0 Å². The van der Waals surface area contributed by atoms with Gasteiger partial charge in [-0.05, 0) is 0 Å². The molecule has 0 saturated heterocycles. The maximum Gasteiger partial charge on any atom is 0.317 e. The molecule has 0 aromatic rings. The van der Waals surface area contributed by atoms with Gasteiger partial charge in [-0.1, -0.05) is 18.2 Å². The van der Waals surface area contributed by atoms with Crippen LogP contribution in [0.25, 0.3) is 0 Å². The van der Waals surface area contributed by atoms with Crippen LogP contribution < -0.4 is 5.73 Å². The molecule has 0 fully saturated rings. The summed E-state index contributed by atoms with van der Waals surface area (Å²) in [6.45, 7) is 0. The number of hydrogen-bond donors (Lipinski definition) is 1. The van der Waals surface area contributed by atoms with Crippen LogP contribution in [0.1, 0.15) is 0 Å². The zero-order chi connectivity index (χ0) is 9.90. The molecular weight excluding hydrogens is 190 g/mol. The van der Waals surface area contributed by atoms with Crippen molar-refractivity contribution in [2.24, 2.45) is 5.73 Å². The Balaban J connectivity index is 3.04. The second-order valence-corrected chi connectivity index (χ2v) is 3.51. The second kappa shape index (κ2) is 3.60. The fourth-order valence-electron chi connectivity index (χ4n) is 1.02. The first kappa shape index (κ1) is 9.77. The summed E-state index contributed by atoms with van der Waals surface area (Å²) in [6, 6.07) is -0.767. The molecule has 6 heteroatoms. The summed E-state index contributed by atoms with van der Waals surface area (Å²) in [5, 5.41) is 20.9. The van der Waals surface area contributed by atoms with E-state index in [1.54, 1.807) is 11.5 Å². The molecule has 0 aromatic heterocycles. The van der Waals surface area contributed by atoms with Gasteiger partial charge in [-0.3, -0.25) is 10.1 Å². The molecule has 0 radical (unpaired) electrons. The van der Waals surface area contributed by atoms with Crippen LogP contribution in [0.4, 0.5) is 0 Å². The van der Waals surface area contributed by atoms with Crippen molar-refractivity contribution >= 4 is 11.8 Å². The summed E-state index contributed by atoms with van der Waals surface area (Å²) in [6.07, 6.45) is 6.00. The third kappa shape index (κ3) is 1.56. The van der Waals surface area contributed by atoms with Crippen molar-refractivity contribution in [1.29, 1.82) is 5.26 Å². The zero-order valence-corrected chi connectivity index (χ0v) is 7.40. The normalized spacial score (nSPS) is 31.2. The van der Waals surface area contributed by atoms with Gasteiger partial charge in [0.1, 0.15) is 11.4 Å². The van der Waals surface area contributed by atoms with Gasteiger partial charge in [0.2, 0.25) is 0 Å². The molecule has 0 aromatic carbocycles. The van der Waals surface area contributed by atoms with E-state index in [9.17, 15) is 10.1 Å². The van der Waals surface area contributed by atoms with E-state index in [1.807, 2.05) is 0 Å². The number of allylic oxidation sites excluding steroid dienone is 2. The van der Waals surface area contributed by atoms with Crippen LogP contribution in [0.2, 0.25) is 0 Å². The number of thiocyanates is 1. The van der Waals surface area contributed by atoms with E-state index in [0.717, 1.165) is 0 Å². The Morgan fingerprint density at radius 1 is 1.69 bits per heavy atom. The molecule has 0 amide bonds. The largest absolute Gasteiger partial charge is 0.317 e. The Labute approximate surface area is 79.1 Å². The molecular formula is C7H7N3O2S. The van der Waals surface area contributed by atoms with Gasteiger partial charge in [-0.2, -0.15) is 5.26 Å². The predicted octanol–water partition coefficient (Wildman–Crippen LogP) is 0.627. The lowest BCUT2D eigenvalue weighted by molar-refractivity contribution is -0.525. The molecule has 2 atom stereocenters. The lowest BCUT2D eigenvalue weighted by atomic mass is 10.0. The van der Waals surface area contributed by atoms with Crippen molar-refractivity contribution in [2.45, 2.75) is 10.9 Å². The van der Waals surface area contributed by atoms with Gasteiger partial charge in [0.25, 0.3) is 0 Å². The van der Waals surface area contributed by atoms with Crippen molar-refractivity contribution in [2.75, 3.05) is 0 Å². The lowest BCUT2D eigenvalue weighted by Crippen LogP contribution is -2.49. The average Bonchev–Trinajstić information content (AvgIpc) is 2.09. The minimum absolute atomic E-state index is 0.536. The monoisotopic (exact) mass is 197 g/mol. The molecule has 0 bridgehead atoms. The molecule has 0 spiro atoms. The first-order chi connectivity index (χ1) is 6.13. The average molecular weight is 197 g/mol. The molecule has 1 aliphatic rings. The van der Waals surface area contributed by atoms with Crippen LogP contribution in [0.3, 0.4) is 0 Å². The van der Waals surface area contributed by atoms with Crippen molar-refractivity contribution in [3.8, 4) is 5.40 Å². The van der Waals surface area contributed by atoms with E-state index in [2.05, 4.69) is 0 Å². The van der Waals surface area contributed by atoms with Gasteiger partial charge in [0, 0.05) is 22.8 Å². The number of hydrogen-bond acceptors (Lipinski definition) is 5. The minimum atomic E-state index is -1.52. The number of nitrogens with two attached hydrogens (primary N) is 1. The molecule has 0 heterocycles. The molecule has 0 saturated carbocycles. The number of rotatable bonds is 2. The number of nitrogens with zero attached hydrogens (tertiary/aromatic N) is 2. The lowest BCUT2D eigenvalue weighted by Gasteiger charge is -2.23. The maximum atomic E-state index is 10.7. The van der Waals surface area contributed by atoms with E-state index < -0.39 is 15.8 Å². The van der Waals surface area contributed by atoms with Crippen LogP contribution in [-0.4, -0.2) is 15.8 Å². The highest BCUT2D eigenvalue weighted by molar-refractivity contribution is 8.05. The Morgan fingerprint density at radius 2 is 2.38 bits per heavy atom. The second-order valence-electron chi connectivity index (χ2n) is 2.47. The van der Waals surface area contributed by atoms with Gasteiger partial charge < -0.3 is 5.73 Å². The van der Waals surface area contributed by atoms with E-state index >= 15 is 0 Å². The molecule has 2 N–H and O–H groups in total. The molecule has 1 aliphatic carbocycles. The molecule has 68 valence electrons.